The molecule has 19 heavy (non-hydrogen) atoms. The van der Waals surface area contributed by atoms with Crippen LogP contribution in [0.3, 0.4) is 0 Å². The van der Waals surface area contributed by atoms with Gasteiger partial charge in [0.25, 0.3) is 0 Å². The lowest BCUT2D eigenvalue weighted by Crippen LogP contribution is -2.42. The van der Waals surface area contributed by atoms with Crippen LogP contribution in [0.25, 0.3) is 0 Å². The highest BCUT2D eigenvalue weighted by atomic mass is 16.5. The molecule has 0 spiro atoms. The van der Waals surface area contributed by atoms with E-state index in [0.29, 0.717) is 24.9 Å². The molecule has 1 aliphatic rings. The van der Waals surface area contributed by atoms with E-state index < -0.39 is 0 Å². The van der Waals surface area contributed by atoms with Crippen molar-refractivity contribution in [2.45, 2.75) is 18.9 Å². The highest BCUT2D eigenvalue weighted by Crippen LogP contribution is 2.16. The lowest BCUT2D eigenvalue weighted by atomic mass is 10.1. The Labute approximate surface area is 111 Å². The van der Waals surface area contributed by atoms with E-state index in [9.17, 15) is 4.79 Å². The third-order valence-electron chi connectivity index (χ3n) is 3.10. The molecule has 1 aromatic heterocycles. The first-order valence-electron chi connectivity index (χ1n) is 6.19. The molecule has 0 aromatic carbocycles. The van der Waals surface area contributed by atoms with Crippen LogP contribution in [0.2, 0.25) is 0 Å². The molecule has 1 aromatic rings. The van der Waals surface area contributed by atoms with E-state index >= 15 is 0 Å². The van der Waals surface area contributed by atoms with E-state index in [2.05, 4.69) is 15.3 Å². The molecule has 2 heterocycles. The Hall–Kier alpha value is -2.05. The number of piperidine rings is 1. The number of nitrogens with zero attached hydrogens (tertiary/aromatic N) is 3. The van der Waals surface area contributed by atoms with Crippen molar-refractivity contribution in [1.29, 1.82) is 0 Å². The summed E-state index contributed by atoms with van der Waals surface area (Å²) in [4.78, 5) is 21.4. The Balaban J connectivity index is 1.86. The van der Waals surface area contributed by atoms with E-state index in [0.717, 1.165) is 12.8 Å². The predicted octanol–water partition coefficient (Wildman–Crippen LogP) is 1.13. The molecule has 1 fully saturated rings. The van der Waals surface area contributed by atoms with Crippen molar-refractivity contribution in [2.24, 2.45) is 0 Å². The standard InChI is InChI=1S/C12H18N4O3/c1-18-10-3-6-13-11(15-10)14-9-4-7-16(8-5-9)12(17)19-2/h3,6,9H,4-5,7-8H2,1-2H3,(H,13,14,15). The molecule has 0 unspecified atom stereocenters. The molecule has 1 aliphatic heterocycles. The zero-order chi connectivity index (χ0) is 13.7. The zero-order valence-electron chi connectivity index (χ0n) is 11.1. The molecule has 1 saturated heterocycles. The topological polar surface area (TPSA) is 76.6 Å². The molecule has 104 valence electrons. The molecule has 0 aliphatic carbocycles. The average molecular weight is 266 g/mol. The Bertz CT molecular complexity index is 433. The Morgan fingerprint density at radius 1 is 1.42 bits per heavy atom. The Morgan fingerprint density at radius 3 is 2.79 bits per heavy atom. The van der Waals surface area contributed by atoms with Gasteiger partial charge in [0.1, 0.15) is 0 Å². The molecule has 0 saturated carbocycles. The van der Waals surface area contributed by atoms with Crippen LogP contribution >= 0.6 is 0 Å². The number of amides is 1. The second-order valence-corrected chi connectivity index (χ2v) is 4.30. The fourth-order valence-corrected chi connectivity index (χ4v) is 2.04. The van der Waals surface area contributed by atoms with E-state index in [1.807, 2.05) is 0 Å². The summed E-state index contributed by atoms with van der Waals surface area (Å²) in [6.07, 6.45) is 3.07. The van der Waals surface area contributed by atoms with Crippen LogP contribution in [-0.4, -0.2) is 54.3 Å². The number of hydrogen-bond donors (Lipinski definition) is 1. The smallest absolute Gasteiger partial charge is 0.409 e. The summed E-state index contributed by atoms with van der Waals surface area (Å²) >= 11 is 0. The van der Waals surface area contributed by atoms with Crippen molar-refractivity contribution in [3.63, 3.8) is 0 Å². The fraction of sp³-hybridized carbons (Fsp3) is 0.583. The van der Waals surface area contributed by atoms with Crippen molar-refractivity contribution >= 4 is 12.0 Å². The van der Waals surface area contributed by atoms with Gasteiger partial charge in [-0.1, -0.05) is 0 Å². The third-order valence-corrected chi connectivity index (χ3v) is 3.10. The first-order valence-corrected chi connectivity index (χ1v) is 6.19. The van der Waals surface area contributed by atoms with Gasteiger partial charge in [-0.25, -0.2) is 9.78 Å². The second-order valence-electron chi connectivity index (χ2n) is 4.30. The van der Waals surface area contributed by atoms with Crippen LogP contribution in [0.15, 0.2) is 12.3 Å². The Morgan fingerprint density at radius 2 is 2.16 bits per heavy atom. The van der Waals surface area contributed by atoms with Gasteiger partial charge in [-0.15, -0.1) is 0 Å². The van der Waals surface area contributed by atoms with Gasteiger partial charge in [-0.2, -0.15) is 4.98 Å². The van der Waals surface area contributed by atoms with Gasteiger partial charge >= 0.3 is 6.09 Å². The van der Waals surface area contributed by atoms with Crippen LogP contribution in [0.5, 0.6) is 5.88 Å². The minimum atomic E-state index is -0.268. The van der Waals surface area contributed by atoms with Gasteiger partial charge in [0.05, 0.1) is 14.2 Å². The molecular weight excluding hydrogens is 248 g/mol. The number of hydrogen-bond acceptors (Lipinski definition) is 6. The van der Waals surface area contributed by atoms with Crippen LogP contribution in [0.4, 0.5) is 10.7 Å². The van der Waals surface area contributed by atoms with Gasteiger partial charge in [0.2, 0.25) is 11.8 Å². The molecule has 7 heteroatoms. The van der Waals surface area contributed by atoms with E-state index in [-0.39, 0.29) is 12.1 Å². The maximum absolute atomic E-state index is 11.4. The van der Waals surface area contributed by atoms with E-state index in [1.54, 1.807) is 24.3 Å². The van der Waals surface area contributed by atoms with E-state index in [4.69, 9.17) is 9.47 Å². The molecule has 7 nitrogen and oxygen atoms in total. The molecule has 0 atom stereocenters. The van der Waals surface area contributed by atoms with Crippen molar-refractivity contribution in [3.05, 3.63) is 12.3 Å². The summed E-state index contributed by atoms with van der Waals surface area (Å²) in [7, 11) is 2.97. The second kappa shape index (κ2) is 6.21. The van der Waals surface area contributed by atoms with Crippen molar-refractivity contribution in [2.75, 3.05) is 32.6 Å². The summed E-state index contributed by atoms with van der Waals surface area (Å²) in [5.74, 6) is 1.08. The Kier molecular flexibility index (Phi) is 4.38. The average Bonchev–Trinajstić information content (AvgIpc) is 2.47. The first kappa shape index (κ1) is 13.4. The summed E-state index contributed by atoms with van der Waals surface area (Å²) in [5, 5.41) is 3.25. The van der Waals surface area contributed by atoms with Crippen LogP contribution in [-0.2, 0) is 4.74 Å². The van der Waals surface area contributed by atoms with Gasteiger partial charge in [-0.3, -0.25) is 0 Å². The van der Waals surface area contributed by atoms with Crippen LogP contribution in [0, 0.1) is 0 Å². The number of aromatic nitrogens is 2. The number of carbonyl (C=O) groups is 1. The molecule has 0 radical (unpaired) electrons. The highest BCUT2D eigenvalue weighted by molar-refractivity contribution is 5.67. The normalized spacial score (nSPS) is 16.0. The molecule has 1 N–H and O–H groups in total. The van der Waals surface area contributed by atoms with Crippen LogP contribution < -0.4 is 10.1 Å². The van der Waals surface area contributed by atoms with Gasteiger partial charge in [0.15, 0.2) is 0 Å². The first-order chi connectivity index (χ1) is 9.22. The van der Waals surface area contributed by atoms with Crippen molar-refractivity contribution in [1.82, 2.24) is 14.9 Å². The lowest BCUT2D eigenvalue weighted by molar-refractivity contribution is 0.113. The fourth-order valence-electron chi connectivity index (χ4n) is 2.04. The third kappa shape index (κ3) is 3.46. The quantitative estimate of drug-likeness (QED) is 0.883. The molecular formula is C12H18N4O3. The van der Waals surface area contributed by atoms with Gasteiger partial charge in [0, 0.05) is 31.4 Å². The maximum atomic E-state index is 11.4. The monoisotopic (exact) mass is 266 g/mol. The van der Waals surface area contributed by atoms with Gasteiger partial charge in [-0.05, 0) is 12.8 Å². The number of methoxy groups -OCH3 is 2. The highest BCUT2D eigenvalue weighted by Gasteiger charge is 2.23. The number of anilines is 1. The van der Waals surface area contributed by atoms with Crippen molar-refractivity contribution in [3.8, 4) is 5.88 Å². The number of rotatable bonds is 3. The minimum Gasteiger partial charge on any atom is -0.481 e. The molecule has 0 bridgehead atoms. The zero-order valence-corrected chi connectivity index (χ0v) is 11.1. The number of nitrogens with one attached hydrogen (secondary N) is 1. The molecule has 2 rings (SSSR count). The lowest BCUT2D eigenvalue weighted by Gasteiger charge is -2.31. The summed E-state index contributed by atoms with van der Waals surface area (Å²) in [5.41, 5.74) is 0. The van der Waals surface area contributed by atoms with Crippen molar-refractivity contribution < 1.29 is 14.3 Å². The predicted molar refractivity (Wildman–Crippen MR) is 69.2 cm³/mol. The molecule has 1 amide bonds. The summed E-state index contributed by atoms with van der Waals surface area (Å²) in [6.45, 7) is 1.35. The summed E-state index contributed by atoms with van der Waals surface area (Å²) < 4.78 is 9.75. The minimum absolute atomic E-state index is 0.257. The SMILES string of the molecule is COC(=O)N1CCC(Nc2nccc(OC)n2)CC1. The van der Waals surface area contributed by atoms with E-state index in [1.165, 1.54) is 7.11 Å². The number of likely N-dealkylation sites (tertiary alicyclic amines) is 1. The number of carbonyl (C=O) groups excluding carboxylic acids is 1. The maximum Gasteiger partial charge on any atom is 0.409 e. The summed E-state index contributed by atoms with van der Waals surface area (Å²) in [6, 6.07) is 1.96. The van der Waals surface area contributed by atoms with Crippen LogP contribution in [0.1, 0.15) is 12.8 Å². The van der Waals surface area contributed by atoms with Gasteiger partial charge < -0.3 is 19.7 Å². The largest absolute Gasteiger partial charge is 0.481 e. The number of ether oxygens (including phenoxy) is 2.